The molecular formula is C38H18N2O8. The van der Waals surface area contributed by atoms with Gasteiger partial charge in [-0.15, -0.1) is 0 Å². The lowest BCUT2D eigenvalue weighted by Crippen LogP contribution is -2.40. The average molecular weight is 631 g/mol. The zero-order valence-electron chi connectivity index (χ0n) is 24.5. The maximum atomic E-state index is 13.9. The van der Waals surface area contributed by atoms with Crippen LogP contribution in [0, 0.1) is 0 Å². The SMILES string of the molecule is O=C(O)c1cccc(N2C(=O)c3ccc4c5ccc6c7c(ccc(c8ccc(c3c48)C2=O)c75)C(=O)N(c2cccc(C(=O)O)c2)C6=O)c1. The number of fused-ring (bicyclic) bond motifs is 2. The summed E-state index contributed by atoms with van der Waals surface area (Å²) < 4.78 is 0. The third kappa shape index (κ3) is 3.40. The van der Waals surface area contributed by atoms with Crippen molar-refractivity contribution in [2.24, 2.45) is 0 Å². The molecule has 0 saturated carbocycles. The van der Waals surface area contributed by atoms with Crippen molar-refractivity contribution in [3.05, 3.63) is 130 Å². The Labute approximate surface area is 269 Å². The van der Waals surface area contributed by atoms with Gasteiger partial charge in [0.25, 0.3) is 23.6 Å². The Morgan fingerprint density at radius 2 is 0.729 bits per heavy atom. The normalized spacial score (nSPS) is 14.2. The summed E-state index contributed by atoms with van der Waals surface area (Å²) in [4.78, 5) is 80.9. The second-order valence-electron chi connectivity index (χ2n) is 11.7. The van der Waals surface area contributed by atoms with Crippen LogP contribution in [0.15, 0.2) is 97.1 Å². The molecule has 7 aromatic rings. The Balaban J connectivity index is 1.27. The van der Waals surface area contributed by atoms with Crippen LogP contribution >= 0.6 is 0 Å². The summed E-state index contributed by atoms with van der Waals surface area (Å²) in [6, 6.07) is 25.0. The highest BCUT2D eigenvalue weighted by molar-refractivity contribution is 6.45. The van der Waals surface area contributed by atoms with Gasteiger partial charge in [0, 0.05) is 33.0 Å². The number of carboxylic acids is 2. The first-order valence-corrected chi connectivity index (χ1v) is 14.8. The average Bonchev–Trinajstić information content (AvgIpc) is 3.09. The first kappa shape index (κ1) is 27.4. The third-order valence-electron chi connectivity index (χ3n) is 9.34. The molecule has 0 fully saturated rings. The highest BCUT2D eigenvalue weighted by atomic mass is 16.4. The molecule has 10 heteroatoms. The highest BCUT2D eigenvalue weighted by Crippen LogP contribution is 2.47. The molecule has 228 valence electrons. The van der Waals surface area contributed by atoms with Gasteiger partial charge in [-0.25, -0.2) is 19.4 Å². The number of carbonyl (C=O) groups is 6. The molecule has 9 rings (SSSR count). The molecule has 0 bridgehead atoms. The third-order valence-corrected chi connectivity index (χ3v) is 9.34. The van der Waals surface area contributed by atoms with Crippen LogP contribution in [0.2, 0.25) is 0 Å². The second-order valence-corrected chi connectivity index (χ2v) is 11.7. The summed E-state index contributed by atoms with van der Waals surface area (Å²) in [6.45, 7) is 0. The molecule has 0 aromatic heterocycles. The fraction of sp³-hybridized carbons (Fsp3) is 0. The molecule has 0 saturated heterocycles. The summed E-state index contributed by atoms with van der Waals surface area (Å²) in [7, 11) is 0. The predicted octanol–water partition coefficient (Wildman–Crippen LogP) is 6.73. The van der Waals surface area contributed by atoms with Crippen LogP contribution in [0.25, 0.3) is 43.1 Å². The van der Waals surface area contributed by atoms with Gasteiger partial charge in [-0.05, 0) is 93.0 Å². The molecular weight excluding hydrogens is 612 g/mol. The van der Waals surface area contributed by atoms with Crippen LogP contribution in [0.5, 0.6) is 0 Å². The summed E-state index contributed by atoms with van der Waals surface area (Å²) in [5.74, 6) is -4.71. The number of hydrogen-bond acceptors (Lipinski definition) is 6. The van der Waals surface area contributed by atoms with Gasteiger partial charge in [-0.3, -0.25) is 19.2 Å². The fourth-order valence-electron chi connectivity index (χ4n) is 7.29. The van der Waals surface area contributed by atoms with E-state index in [1.807, 2.05) is 0 Å². The number of rotatable bonds is 4. The largest absolute Gasteiger partial charge is 0.478 e. The van der Waals surface area contributed by atoms with E-state index < -0.39 is 35.6 Å². The van der Waals surface area contributed by atoms with Crippen LogP contribution in [0.3, 0.4) is 0 Å². The number of hydrogen-bond donors (Lipinski definition) is 2. The number of carbonyl (C=O) groups excluding carboxylic acids is 4. The molecule has 2 aliphatic rings. The lowest BCUT2D eigenvalue weighted by molar-refractivity contribution is 0.0686. The molecule has 48 heavy (non-hydrogen) atoms. The summed E-state index contributed by atoms with van der Waals surface area (Å²) >= 11 is 0. The van der Waals surface area contributed by atoms with E-state index in [9.17, 15) is 39.0 Å². The van der Waals surface area contributed by atoms with Crippen molar-refractivity contribution >= 4 is 90.0 Å². The smallest absolute Gasteiger partial charge is 0.335 e. The Kier molecular flexibility index (Phi) is 5.31. The van der Waals surface area contributed by atoms with E-state index in [1.165, 1.54) is 48.5 Å². The van der Waals surface area contributed by atoms with E-state index in [-0.39, 0.29) is 44.8 Å². The second kappa shape index (κ2) is 9.30. The minimum Gasteiger partial charge on any atom is -0.478 e. The summed E-state index contributed by atoms with van der Waals surface area (Å²) in [6.07, 6.45) is 0. The van der Waals surface area contributed by atoms with E-state index >= 15 is 0 Å². The Bertz CT molecular complexity index is 2420. The zero-order chi connectivity index (χ0) is 33.2. The molecule has 2 heterocycles. The number of anilines is 2. The number of imide groups is 2. The molecule has 2 N–H and O–H groups in total. The van der Waals surface area contributed by atoms with Gasteiger partial charge in [0.05, 0.1) is 22.5 Å². The van der Waals surface area contributed by atoms with Crippen molar-refractivity contribution in [3.8, 4) is 0 Å². The van der Waals surface area contributed by atoms with Gasteiger partial charge in [-0.2, -0.15) is 0 Å². The number of nitrogens with zero attached hydrogens (tertiary/aromatic N) is 2. The molecule has 0 atom stereocenters. The molecule has 0 spiro atoms. The molecule has 2 aliphatic heterocycles. The van der Waals surface area contributed by atoms with Gasteiger partial charge in [-0.1, -0.05) is 36.4 Å². The molecule has 7 aromatic carbocycles. The first-order valence-electron chi connectivity index (χ1n) is 14.8. The van der Waals surface area contributed by atoms with Crippen molar-refractivity contribution in [1.29, 1.82) is 0 Å². The minimum absolute atomic E-state index is 0.0605. The number of carboxylic acid groups (broad SMARTS) is 2. The van der Waals surface area contributed by atoms with E-state index in [0.29, 0.717) is 21.5 Å². The van der Waals surface area contributed by atoms with Crippen molar-refractivity contribution in [3.63, 3.8) is 0 Å². The van der Waals surface area contributed by atoms with Crippen molar-refractivity contribution in [1.82, 2.24) is 0 Å². The topological polar surface area (TPSA) is 149 Å². The summed E-state index contributed by atoms with van der Waals surface area (Å²) in [5.41, 5.74) is 1.30. The molecule has 0 radical (unpaired) electrons. The monoisotopic (exact) mass is 630 g/mol. The number of amides is 4. The van der Waals surface area contributed by atoms with E-state index in [1.54, 1.807) is 48.5 Å². The van der Waals surface area contributed by atoms with Gasteiger partial charge < -0.3 is 10.2 Å². The van der Waals surface area contributed by atoms with Gasteiger partial charge in [0.1, 0.15) is 0 Å². The predicted molar refractivity (Wildman–Crippen MR) is 177 cm³/mol. The van der Waals surface area contributed by atoms with Crippen molar-refractivity contribution in [2.45, 2.75) is 0 Å². The van der Waals surface area contributed by atoms with Crippen LogP contribution in [0.1, 0.15) is 62.1 Å². The number of aromatic carboxylic acids is 2. The van der Waals surface area contributed by atoms with E-state index in [0.717, 1.165) is 31.3 Å². The molecule has 4 amide bonds. The van der Waals surface area contributed by atoms with Gasteiger partial charge in [0.2, 0.25) is 0 Å². The van der Waals surface area contributed by atoms with Crippen LogP contribution < -0.4 is 9.80 Å². The van der Waals surface area contributed by atoms with Crippen LogP contribution in [-0.4, -0.2) is 45.8 Å². The number of benzene rings is 7. The van der Waals surface area contributed by atoms with Crippen LogP contribution in [-0.2, 0) is 0 Å². The Morgan fingerprint density at radius 1 is 0.417 bits per heavy atom. The standard InChI is InChI=1S/C38H18N2O8/c41-33-25-11-7-21-23-9-13-27-32-28(36(44)40(35(27)43)20-6-2-4-18(16-20)38(47)48)14-10-24(30(23)32)22-8-12-26(31(25)29(21)22)34(42)39(33)19-5-1-3-17(15-19)37(45)46/h1-16H,(H,45,46)(H,47,48). The van der Waals surface area contributed by atoms with Gasteiger partial charge >= 0.3 is 11.9 Å². The summed E-state index contributed by atoms with van der Waals surface area (Å²) in [5, 5.41) is 24.2. The fourth-order valence-corrected chi connectivity index (χ4v) is 7.29. The molecule has 0 unspecified atom stereocenters. The van der Waals surface area contributed by atoms with Crippen molar-refractivity contribution < 1.29 is 39.0 Å². The Morgan fingerprint density at radius 3 is 1.02 bits per heavy atom. The van der Waals surface area contributed by atoms with E-state index in [4.69, 9.17) is 0 Å². The lowest BCUT2D eigenvalue weighted by atomic mass is 9.82. The van der Waals surface area contributed by atoms with Crippen LogP contribution in [0.4, 0.5) is 11.4 Å². The van der Waals surface area contributed by atoms with Gasteiger partial charge in [0.15, 0.2) is 0 Å². The Hall–Kier alpha value is -6.94. The molecule has 0 aliphatic carbocycles. The minimum atomic E-state index is -1.19. The van der Waals surface area contributed by atoms with Crippen molar-refractivity contribution in [2.75, 3.05) is 9.80 Å². The maximum absolute atomic E-state index is 13.9. The lowest BCUT2D eigenvalue weighted by Gasteiger charge is -2.30. The zero-order valence-corrected chi connectivity index (χ0v) is 24.5. The highest BCUT2D eigenvalue weighted by Gasteiger charge is 2.38. The van der Waals surface area contributed by atoms with E-state index in [2.05, 4.69) is 0 Å². The quantitative estimate of drug-likeness (QED) is 0.123. The molecule has 10 nitrogen and oxygen atoms in total. The maximum Gasteiger partial charge on any atom is 0.335 e. The first-order chi connectivity index (χ1) is 23.2.